The highest BCUT2D eigenvalue weighted by atomic mass is 35.5. The van der Waals surface area contributed by atoms with Crippen molar-refractivity contribution < 1.29 is 9.84 Å². The third-order valence-electron chi connectivity index (χ3n) is 3.54. The average molecular weight is 242 g/mol. The molecule has 4 heteroatoms. The van der Waals surface area contributed by atoms with E-state index in [2.05, 4.69) is 13.8 Å². The number of rotatable bonds is 2. The summed E-state index contributed by atoms with van der Waals surface area (Å²) < 4.78 is 5.07. The Morgan fingerprint density at radius 2 is 2.00 bits per heavy atom. The summed E-state index contributed by atoms with van der Waals surface area (Å²) in [4.78, 5) is 0. The van der Waals surface area contributed by atoms with E-state index in [0.29, 0.717) is 16.3 Å². The van der Waals surface area contributed by atoms with Crippen molar-refractivity contribution in [1.29, 1.82) is 0 Å². The maximum atomic E-state index is 10.1. The quantitative estimate of drug-likeness (QED) is 0.837. The Balaban J connectivity index is 2.54. The summed E-state index contributed by atoms with van der Waals surface area (Å²) in [6, 6.07) is 3.30. The maximum absolute atomic E-state index is 10.1. The Labute approximate surface area is 100 Å². The molecule has 1 aliphatic rings. The average Bonchev–Trinajstić information content (AvgIpc) is 2.70. The fraction of sp³-hybridized carbons (Fsp3) is 0.500. The van der Waals surface area contributed by atoms with Crippen LogP contribution in [0.25, 0.3) is 0 Å². The predicted molar refractivity (Wildman–Crippen MR) is 63.9 cm³/mol. The van der Waals surface area contributed by atoms with Gasteiger partial charge in [-0.3, -0.25) is 0 Å². The highest BCUT2D eigenvalue weighted by molar-refractivity contribution is 6.30. The minimum absolute atomic E-state index is 0.0137. The number of phenols is 1. The molecule has 1 aliphatic carbocycles. The minimum Gasteiger partial charge on any atom is -0.504 e. The zero-order chi connectivity index (χ0) is 12.1. The molecule has 0 spiro atoms. The van der Waals surface area contributed by atoms with Crippen LogP contribution in [0.2, 0.25) is 5.02 Å². The summed E-state index contributed by atoms with van der Waals surface area (Å²) in [5.41, 5.74) is 6.41. The largest absolute Gasteiger partial charge is 0.504 e. The lowest BCUT2D eigenvalue weighted by Crippen LogP contribution is -2.25. The maximum Gasteiger partial charge on any atom is 0.162 e. The summed E-state index contributed by atoms with van der Waals surface area (Å²) in [5, 5.41) is 10.6. The molecule has 88 valence electrons. The van der Waals surface area contributed by atoms with Crippen molar-refractivity contribution in [3.05, 3.63) is 22.7 Å². The lowest BCUT2D eigenvalue weighted by atomic mass is 9.96. The molecule has 1 unspecified atom stereocenters. The van der Waals surface area contributed by atoms with E-state index < -0.39 is 5.54 Å². The topological polar surface area (TPSA) is 55.5 Å². The van der Waals surface area contributed by atoms with E-state index >= 15 is 0 Å². The van der Waals surface area contributed by atoms with Crippen molar-refractivity contribution in [3.63, 3.8) is 0 Å². The number of hydrogen-bond acceptors (Lipinski definition) is 3. The molecule has 0 radical (unpaired) electrons. The summed E-state index contributed by atoms with van der Waals surface area (Å²) in [6.07, 6.45) is 0.830. The van der Waals surface area contributed by atoms with Crippen molar-refractivity contribution in [2.75, 3.05) is 7.11 Å². The zero-order valence-electron chi connectivity index (χ0n) is 9.67. The van der Waals surface area contributed by atoms with Gasteiger partial charge in [-0.2, -0.15) is 0 Å². The standard InChI is InChI=1S/C12H16ClNO2/c1-11(2)6-12(11,14)8-4-7(13)5-9(16-3)10(8)15/h4-5,15H,6,14H2,1-3H3. The van der Waals surface area contributed by atoms with Gasteiger partial charge in [-0.1, -0.05) is 25.4 Å². The molecule has 1 atom stereocenters. The monoisotopic (exact) mass is 241 g/mol. The number of methoxy groups -OCH3 is 1. The van der Waals surface area contributed by atoms with Gasteiger partial charge < -0.3 is 15.6 Å². The molecular formula is C12H16ClNO2. The van der Waals surface area contributed by atoms with Crippen LogP contribution in [0.3, 0.4) is 0 Å². The lowest BCUT2D eigenvalue weighted by molar-refractivity contribution is 0.364. The molecule has 1 fully saturated rings. The van der Waals surface area contributed by atoms with E-state index in [1.54, 1.807) is 12.1 Å². The number of nitrogens with two attached hydrogens (primary N) is 1. The van der Waals surface area contributed by atoms with Gasteiger partial charge in [0.05, 0.1) is 12.6 Å². The molecule has 1 saturated carbocycles. The van der Waals surface area contributed by atoms with Crippen LogP contribution in [-0.4, -0.2) is 12.2 Å². The van der Waals surface area contributed by atoms with Gasteiger partial charge in [-0.15, -0.1) is 0 Å². The van der Waals surface area contributed by atoms with Crippen molar-refractivity contribution in [2.24, 2.45) is 11.1 Å². The van der Waals surface area contributed by atoms with Crippen molar-refractivity contribution in [1.82, 2.24) is 0 Å². The van der Waals surface area contributed by atoms with Crippen LogP contribution in [0.15, 0.2) is 12.1 Å². The second-order valence-electron chi connectivity index (χ2n) is 5.04. The van der Waals surface area contributed by atoms with E-state index in [9.17, 15) is 5.11 Å². The molecule has 0 amide bonds. The second-order valence-corrected chi connectivity index (χ2v) is 5.47. The van der Waals surface area contributed by atoms with Crippen LogP contribution in [0.1, 0.15) is 25.8 Å². The van der Waals surface area contributed by atoms with Crippen LogP contribution < -0.4 is 10.5 Å². The molecule has 0 heterocycles. The highest BCUT2D eigenvalue weighted by Crippen LogP contribution is 2.63. The molecular weight excluding hydrogens is 226 g/mol. The van der Waals surface area contributed by atoms with Crippen LogP contribution in [0.4, 0.5) is 0 Å². The third kappa shape index (κ3) is 1.46. The van der Waals surface area contributed by atoms with E-state index in [1.807, 2.05) is 0 Å². The molecule has 1 aromatic carbocycles. The normalized spacial score (nSPS) is 26.6. The Bertz CT molecular complexity index is 445. The van der Waals surface area contributed by atoms with Crippen LogP contribution in [0, 0.1) is 5.41 Å². The molecule has 0 bridgehead atoms. The van der Waals surface area contributed by atoms with Crippen molar-refractivity contribution in [2.45, 2.75) is 25.8 Å². The van der Waals surface area contributed by atoms with Crippen molar-refractivity contribution >= 4 is 11.6 Å². The number of halogens is 1. The molecule has 0 saturated heterocycles. The third-order valence-corrected chi connectivity index (χ3v) is 3.76. The molecule has 3 N–H and O–H groups in total. The van der Waals surface area contributed by atoms with E-state index in [1.165, 1.54) is 7.11 Å². The molecule has 3 nitrogen and oxygen atoms in total. The molecule has 1 aromatic rings. The minimum atomic E-state index is -0.505. The van der Waals surface area contributed by atoms with E-state index in [0.717, 1.165) is 6.42 Å². The Hall–Kier alpha value is -0.930. The van der Waals surface area contributed by atoms with Gasteiger partial charge in [0.2, 0.25) is 0 Å². The smallest absolute Gasteiger partial charge is 0.162 e. The first kappa shape index (κ1) is 11.6. The SMILES string of the molecule is COc1cc(Cl)cc(C2(N)CC2(C)C)c1O. The van der Waals surface area contributed by atoms with Gasteiger partial charge >= 0.3 is 0 Å². The second kappa shape index (κ2) is 3.28. The number of hydrogen-bond donors (Lipinski definition) is 2. The summed E-state index contributed by atoms with van der Waals surface area (Å²) in [7, 11) is 1.50. The van der Waals surface area contributed by atoms with Crippen LogP contribution >= 0.6 is 11.6 Å². The molecule has 2 rings (SSSR count). The summed E-state index contributed by atoms with van der Waals surface area (Å²) >= 11 is 5.98. The van der Waals surface area contributed by atoms with Gasteiger partial charge in [0, 0.05) is 16.7 Å². The van der Waals surface area contributed by atoms with Crippen LogP contribution in [-0.2, 0) is 5.54 Å². The van der Waals surface area contributed by atoms with Gasteiger partial charge in [0.15, 0.2) is 11.5 Å². The number of aromatic hydroxyl groups is 1. The first-order valence-electron chi connectivity index (χ1n) is 5.18. The Morgan fingerprint density at radius 3 is 2.44 bits per heavy atom. The van der Waals surface area contributed by atoms with Gasteiger partial charge in [0.1, 0.15) is 0 Å². The van der Waals surface area contributed by atoms with Gasteiger partial charge in [-0.05, 0) is 17.9 Å². The Kier molecular flexibility index (Phi) is 2.37. The van der Waals surface area contributed by atoms with Gasteiger partial charge in [-0.25, -0.2) is 0 Å². The molecule has 16 heavy (non-hydrogen) atoms. The number of benzene rings is 1. The van der Waals surface area contributed by atoms with E-state index in [-0.39, 0.29) is 11.2 Å². The number of phenolic OH excluding ortho intramolecular Hbond substituents is 1. The fourth-order valence-corrected chi connectivity index (χ4v) is 2.39. The summed E-state index contributed by atoms with van der Waals surface area (Å²) in [6.45, 7) is 4.14. The molecule has 0 aromatic heterocycles. The predicted octanol–water partition coefficient (Wildman–Crippen LogP) is 2.64. The number of ether oxygens (including phenoxy) is 1. The first-order chi connectivity index (χ1) is 7.32. The van der Waals surface area contributed by atoms with E-state index in [4.69, 9.17) is 22.1 Å². The molecule has 0 aliphatic heterocycles. The van der Waals surface area contributed by atoms with Crippen molar-refractivity contribution in [3.8, 4) is 11.5 Å². The lowest BCUT2D eigenvalue weighted by Gasteiger charge is -2.18. The fourth-order valence-electron chi connectivity index (χ4n) is 2.18. The zero-order valence-corrected chi connectivity index (χ0v) is 10.4. The van der Waals surface area contributed by atoms with Crippen LogP contribution in [0.5, 0.6) is 11.5 Å². The summed E-state index contributed by atoms with van der Waals surface area (Å²) in [5.74, 6) is 0.468. The highest BCUT2D eigenvalue weighted by Gasteiger charge is 2.60. The first-order valence-corrected chi connectivity index (χ1v) is 5.55. The Morgan fingerprint density at radius 1 is 1.44 bits per heavy atom. The van der Waals surface area contributed by atoms with Gasteiger partial charge in [0.25, 0.3) is 0 Å².